The molecule has 8 nitrogen and oxygen atoms in total. The summed E-state index contributed by atoms with van der Waals surface area (Å²) < 4.78 is 15.8. The molecule has 1 N–H and O–H groups in total. The van der Waals surface area contributed by atoms with Crippen molar-refractivity contribution in [1.82, 2.24) is 10.3 Å². The number of carbonyl (C=O) groups excluding carboxylic acids is 2. The molecule has 0 saturated heterocycles. The number of rotatable bonds is 6. The summed E-state index contributed by atoms with van der Waals surface area (Å²) in [5.41, 5.74) is 2.56. The molecule has 2 heterocycles. The van der Waals surface area contributed by atoms with Crippen LogP contribution in [0.15, 0.2) is 47.6 Å². The minimum atomic E-state index is -0.282. The highest BCUT2D eigenvalue weighted by molar-refractivity contribution is 6.04. The maximum absolute atomic E-state index is 12.3. The highest BCUT2D eigenvalue weighted by Crippen LogP contribution is 2.32. The number of hydrazone groups is 1. The summed E-state index contributed by atoms with van der Waals surface area (Å²) in [5.74, 6) is 1.66. The second kappa shape index (κ2) is 8.22. The Morgan fingerprint density at radius 2 is 1.93 bits per heavy atom. The Morgan fingerprint density at radius 1 is 1.14 bits per heavy atom. The number of hydrogen-bond donors (Lipinski definition) is 1. The van der Waals surface area contributed by atoms with E-state index in [-0.39, 0.29) is 25.2 Å². The number of nitrogens with zero attached hydrogens (tertiary/aromatic N) is 2. The van der Waals surface area contributed by atoms with Crippen LogP contribution in [0.3, 0.4) is 0 Å². The standard InChI is InChI=1S/C21H21N3O5/c1-27-16-5-3-15(4-6-16)17-7-9-21(26)24(23-17)12-20(25)22-11-14-2-8-18-19(10-14)29-13-28-18/h2-6,8,10H,7,9,11-13H2,1H3,(H,22,25). The molecule has 150 valence electrons. The lowest BCUT2D eigenvalue weighted by atomic mass is 10.0. The van der Waals surface area contributed by atoms with Gasteiger partial charge in [-0.05, 0) is 47.5 Å². The molecule has 0 atom stereocenters. The third-order valence-electron chi connectivity index (χ3n) is 4.75. The average Bonchev–Trinajstić information content (AvgIpc) is 3.22. The van der Waals surface area contributed by atoms with Crippen molar-refractivity contribution in [3.05, 3.63) is 53.6 Å². The van der Waals surface area contributed by atoms with Gasteiger partial charge in [-0.3, -0.25) is 9.59 Å². The number of hydrogen-bond acceptors (Lipinski definition) is 6. The molecule has 4 rings (SSSR count). The van der Waals surface area contributed by atoms with Gasteiger partial charge in [0.1, 0.15) is 12.3 Å². The molecule has 0 radical (unpaired) electrons. The molecule has 0 aromatic heterocycles. The third kappa shape index (κ3) is 4.31. The normalized spacial score (nSPS) is 15.1. The van der Waals surface area contributed by atoms with E-state index in [1.165, 1.54) is 5.01 Å². The van der Waals surface area contributed by atoms with Crippen LogP contribution in [0.25, 0.3) is 0 Å². The topological polar surface area (TPSA) is 89.5 Å². The molecular weight excluding hydrogens is 374 g/mol. The molecule has 0 unspecified atom stereocenters. The van der Waals surface area contributed by atoms with Crippen LogP contribution in [-0.4, -0.2) is 43.0 Å². The van der Waals surface area contributed by atoms with Crippen molar-refractivity contribution in [2.45, 2.75) is 19.4 Å². The summed E-state index contributed by atoms with van der Waals surface area (Å²) in [6, 6.07) is 13.0. The van der Waals surface area contributed by atoms with Crippen LogP contribution < -0.4 is 19.5 Å². The minimum Gasteiger partial charge on any atom is -0.497 e. The van der Waals surface area contributed by atoms with Crippen LogP contribution in [0.5, 0.6) is 17.2 Å². The monoisotopic (exact) mass is 395 g/mol. The summed E-state index contributed by atoms with van der Waals surface area (Å²) in [6.07, 6.45) is 0.862. The van der Waals surface area contributed by atoms with E-state index >= 15 is 0 Å². The van der Waals surface area contributed by atoms with Crippen LogP contribution in [0.2, 0.25) is 0 Å². The molecule has 0 bridgehead atoms. The van der Waals surface area contributed by atoms with Gasteiger partial charge >= 0.3 is 0 Å². The van der Waals surface area contributed by atoms with Crippen LogP contribution in [0.4, 0.5) is 0 Å². The Bertz CT molecular complexity index is 955. The second-order valence-corrected chi connectivity index (χ2v) is 6.69. The fraction of sp³-hybridized carbons (Fsp3) is 0.286. The first-order valence-electron chi connectivity index (χ1n) is 9.30. The summed E-state index contributed by atoms with van der Waals surface area (Å²) in [6.45, 7) is 0.409. The Kier molecular flexibility index (Phi) is 5.33. The van der Waals surface area contributed by atoms with Crippen molar-refractivity contribution < 1.29 is 23.8 Å². The zero-order chi connectivity index (χ0) is 20.2. The molecule has 0 aliphatic carbocycles. The molecule has 0 spiro atoms. The molecule has 2 aromatic carbocycles. The van der Waals surface area contributed by atoms with E-state index in [4.69, 9.17) is 14.2 Å². The van der Waals surface area contributed by atoms with E-state index in [0.717, 1.165) is 22.6 Å². The van der Waals surface area contributed by atoms with Crippen LogP contribution in [0.1, 0.15) is 24.0 Å². The zero-order valence-electron chi connectivity index (χ0n) is 16.0. The van der Waals surface area contributed by atoms with Gasteiger partial charge in [-0.1, -0.05) is 6.07 Å². The van der Waals surface area contributed by atoms with E-state index in [0.29, 0.717) is 30.9 Å². The Morgan fingerprint density at radius 3 is 2.72 bits per heavy atom. The Labute approximate surface area is 168 Å². The van der Waals surface area contributed by atoms with Crippen molar-refractivity contribution in [3.8, 4) is 17.2 Å². The fourth-order valence-electron chi connectivity index (χ4n) is 3.16. The maximum atomic E-state index is 12.3. The van der Waals surface area contributed by atoms with E-state index in [1.807, 2.05) is 42.5 Å². The number of carbonyl (C=O) groups is 2. The summed E-state index contributed by atoms with van der Waals surface area (Å²) >= 11 is 0. The predicted octanol–water partition coefficient (Wildman–Crippen LogP) is 2.07. The number of amides is 2. The number of fused-ring (bicyclic) bond motifs is 1. The van der Waals surface area contributed by atoms with Crippen molar-refractivity contribution in [1.29, 1.82) is 0 Å². The minimum absolute atomic E-state index is 0.122. The van der Waals surface area contributed by atoms with Crippen LogP contribution in [0, 0.1) is 0 Å². The Balaban J connectivity index is 1.37. The molecular formula is C21H21N3O5. The van der Waals surface area contributed by atoms with Gasteiger partial charge in [0.2, 0.25) is 18.6 Å². The summed E-state index contributed by atoms with van der Waals surface area (Å²) in [7, 11) is 1.61. The van der Waals surface area contributed by atoms with Gasteiger partial charge in [-0.25, -0.2) is 5.01 Å². The van der Waals surface area contributed by atoms with Crippen molar-refractivity contribution in [2.75, 3.05) is 20.4 Å². The van der Waals surface area contributed by atoms with Crippen LogP contribution >= 0.6 is 0 Å². The number of ether oxygens (including phenoxy) is 3. The van der Waals surface area contributed by atoms with Crippen molar-refractivity contribution >= 4 is 17.5 Å². The van der Waals surface area contributed by atoms with Gasteiger partial charge in [-0.15, -0.1) is 0 Å². The maximum Gasteiger partial charge on any atom is 0.243 e. The molecule has 2 aliphatic rings. The SMILES string of the molecule is COc1ccc(C2=NN(CC(=O)NCc3ccc4c(c3)OCO4)C(=O)CC2)cc1. The van der Waals surface area contributed by atoms with E-state index in [9.17, 15) is 9.59 Å². The summed E-state index contributed by atoms with van der Waals surface area (Å²) in [4.78, 5) is 24.5. The first-order valence-corrected chi connectivity index (χ1v) is 9.30. The van der Waals surface area contributed by atoms with Crippen LogP contribution in [-0.2, 0) is 16.1 Å². The molecule has 2 aromatic rings. The number of benzene rings is 2. The highest BCUT2D eigenvalue weighted by Gasteiger charge is 2.23. The van der Waals surface area contributed by atoms with Gasteiger partial charge in [-0.2, -0.15) is 5.10 Å². The fourth-order valence-corrected chi connectivity index (χ4v) is 3.16. The first kappa shape index (κ1) is 18.8. The molecule has 8 heteroatoms. The van der Waals surface area contributed by atoms with E-state index < -0.39 is 0 Å². The summed E-state index contributed by atoms with van der Waals surface area (Å²) in [5, 5.41) is 8.44. The van der Waals surface area contributed by atoms with E-state index in [2.05, 4.69) is 10.4 Å². The van der Waals surface area contributed by atoms with Gasteiger partial charge in [0.05, 0.1) is 12.8 Å². The van der Waals surface area contributed by atoms with Gasteiger partial charge < -0.3 is 19.5 Å². The molecule has 29 heavy (non-hydrogen) atoms. The molecule has 0 saturated carbocycles. The average molecular weight is 395 g/mol. The lowest BCUT2D eigenvalue weighted by molar-refractivity contribution is -0.136. The lowest BCUT2D eigenvalue weighted by Crippen LogP contribution is -2.40. The molecule has 2 amide bonds. The Hall–Kier alpha value is -3.55. The third-order valence-corrected chi connectivity index (χ3v) is 4.75. The van der Waals surface area contributed by atoms with Gasteiger partial charge in [0.25, 0.3) is 0 Å². The van der Waals surface area contributed by atoms with Crippen molar-refractivity contribution in [3.63, 3.8) is 0 Å². The van der Waals surface area contributed by atoms with E-state index in [1.54, 1.807) is 7.11 Å². The molecule has 0 fully saturated rings. The first-order chi connectivity index (χ1) is 14.1. The quantitative estimate of drug-likeness (QED) is 0.809. The zero-order valence-corrected chi connectivity index (χ0v) is 16.0. The smallest absolute Gasteiger partial charge is 0.243 e. The molecule has 2 aliphatic heterocycles. The number of nitrogens with one attached hydrogen (secondary N) is 1. The predicted molar refractivity (Wildman–Crippen MR) is 105 cm³/mol. The van der Waals surface area contributed by atoms with Gasteiger partial charge in [0.15, 0.2) is 11.5 Å². The number of methoxy groups -OCH3 is 1. The van der Waals surface area contributed by atoms with Gasteiger partial charge in [0, 0.05) is 19.4 Å². The second-order valence-electron chi connectivity index (χ2n) is 6.69. The largest absolute Gasteiger partial charge is 0.497 e. The lowest BCUT2D eigenvalue weighted by Gasteiger charge is -2.23. The highest BCUT2D eigenvalue weighted by atomic mass is 16.7. The van der Waals surface area contributed by atoms with Crippen molar-refractivity contribution in [2.24, 2.45) is 5.10 Å².